The van der Waals surface area contributed by atoms with Crippen molar-refractivity contribution in [3.63, 3.8) is 0 Å². The van der Waals surface area contributed by atoms with E-state index in [1.165, 1.54) is 6.07 Å². The van der Waals surface area contributed by atoms with Gasteiger partial charge in [0.2, 0.25) is 5.91 Å². The van der Waals surface area contributed by atoms with Gasteiger partial charge >= 0.3 is 0 Å². The van der Waals surface area contributed by atoms with Crippen LogP contribution in [0, 0.1) is 5.82 Å². The van der Waals surface area contributed by atoms with Crippen molar-refractivity contribution in [3.8, 4) is 0 Å². The van der Waals surface area contributed by atoms with E-state index < -0.39 is 0 Å². The number of morpholine rings is 1. The summed E-state index contributed by atoms with van der Waals surface area (Å²) in [4.78, 5) is 16.7. The normalized spacial score (nSPS) is 14.3. The minimum Gasteiger partial charge on any atom is -0.378 e. The Balaban J connectivity index is 1.46. The second-order valence-corrected chi connectivity index (χ2v) is 6.94. The van der Waals surface area contributed by atoms with E-state index >= 15 is 0 Å². The first kappa shape index (κ1) is 20.3. The van der Waals surface area contributed by atoms with E-state index in [-0.39, 0.29) is 11.7 Å². The highest BCUT2D eigenvalue weighted by Gasteiger charge is 2.12. The Kier molecular flexibility index (Phi) is 7.39. The molecule has 1 saturated heterocycles. The third kappa shape index (κ3) is 6.04. The van der Waals surface area contributed by atoms with Gasteiger partial charge in [-0.25, -0.2) is 4.39 Å². The monoisotopic (exact) mass is 385 g/mol. The van der Waals surface area contributed by atoms with Crippen molar-refractivity contribution in [1.29, 1.82) is 0 Å². The molecule has 150 valence electrons. The molecule has 0 saturated carbocycles. The molecule has 0 aliphatic carbocycles. The largest absolute Gasteiger partial charge is 0.378 e. The Morgan fingerprint density at radius 2 is 1.93 bits per heavy atom. The van der Waals surface area contributed by atoms with Crippen molar-refractivity contribution in [2.45, 2.75) is 19.9 Å². The number of nitrogens with one attached hydrogen (secondary N) is 1. The number of ether oxygens (including phenoxy) is 1. The first-order chi connectivity index (χ1) is 13.6. The Bertz CT molecular complexity index is 761. The highest BCUT2D eigenvalue weighted by atomic mass is 19.1. The number of rotatable bonds is 8. The highest BCUT2D eigenvalue weighted by Crippen LogP contribution is 2.19. The zero-order valence-electron chi connectivity index (χ0n) is 16.4. The fraction of sp³-hybridized carbons (Fsp3) is 0.409. The molecular weight excluding hydrogens is 357 g/mol. The lowest BCUT2D eigenvalue weighted by Gasteiger charge is -2.28. The van der Waals surface area contributed by atoms with Crippen molar-refractivity contribution in [3.05, 3.63) is 59.9 Å². The third-order valence-electron chi connectivity index (χ3n) is 4.92. The summed E-state index contributed by atoms with van der Waals surface area (Å²) >= 11 is 0. The fourth-order valence-electron chi connectivity index (χ4n) is 3.30. The molecular formula is C22H28FN3O2. The van der Waals surface area contributed by atoms with Crippen LogP contribution in [0.1, 0.15) is 18.9 Å². The summed E-state index contributed by atoms with van der Waals surface area (Å²) in [6.45, 7) is 7.40. The Morgan fingerprint density at radius 3 is 2.61 bits per heavy atom. The zero-order chi connectivity index (χ0) is 19.8. The molecule has 3 rings (SSSR count). The van der Waals surface area contributed by atoms with Gasteiger partial charge < -0.3 is 15.0 Å². The first-order valence-electron chi connectivity index (χ1n) is 9.83. The summed E-state index contributed by atoms with van der Waals surface area (Å²) in [7, 11) is 0. The van der Waals surface area contributed by atoms with Crippen LogP contribution in [0.15, 0.2) is 48.5 Å². The predicted octanol–water partition coefficient (Wildman–Crippen LogP) is 3.51. The molecule has 1 aliphatic heterocycles. The maximum Gasteiger partial charge on any atom is 0.225 e. The van der Waals surface area contributed by atoms with Gasteiger partial charge in [0, 0.05) is 44.0 Å². The minimum atomic E-state index is -0.230. The van der Waals surface area contributed by atoms with Crippen molar-refractivity contribution < 1.29 is 13.9 Å². The molecule has 1 aliphatic rings. The standard InChI is InChI=1S/C22H28FN3O2/c1-2-25(17-18-4-3-5-19(23)16-18)11-10-22(27)24-20-6-8-21(9-7-20)26-12-14-28-15-13-26/h3-9,16H,2,10-15,17H2,1H3,(H,24,27). The van der Waals surface area contributed by atoms with Gasteiger partial charge in [-0.1, -0.05) is 19.1 Å². The number of hydrogen-bond donors (Lipinski definition) is 1. The van der Waals surface area contributed by atoms with Crippen molar-refractivity contribution in [1.82, 2.24) is 4.90 Å². The molecule has 1 fully saturated rings. The topological polar surface area (TPSA) is 44.8 Å². The lowest BCUT2D eigenvalue weighted by molar-refractivity contribution is -0.116. The van der Waals surface area contributed by atoms with E-state index in [0.717, 1.165) is 49.8 Å². The Hall–Kier alpha value is -2.44. The average Bonchev–Trinajstić information content (AvgIpc) is 2.72. The van der Waals surface area contributed by atoms with Crippen LogP contribution in [-0.2, 0) is 16.1 Å². The second-order valence-electron chi connectivity index (χ2n) is 6.94. The van der Waals surface area contributed by atoms with E-state index in [1.54, 1.807) is 12.1 Å². The van der Waals surface area contributed by atoms with Crippen LogP contribution in [-0.4, -0.2) is 50.2 Å². The molecule has 2 aromatic carbocycles. The van der Waals surface area contributed by atoms with Crippen LogP contribution in [0.25, 0.3) is 0 Å². The van der Waals surface area contributed by atoms with Gasteiger partial charge in [-0.15, -0.1) is 0 Å². The molecule has 0 aromatic heterocycles. The Labute approximate surface area is 166 Å². The molecule has 28 heavy (non-hydrogen) atoms. The molecule has 6 heteroatoms. The SMILES string of the molecule is CCN(CCC(=O)Nc1ccc(N2CCOCC2)cc1)Cc1cccc(F)c1. The van der Waals surface area contributed by atoms with Gasteiger partial charge in [-0.2, -0.15) is 0 Å². The number of carbonyl (C=O) groups is 1. The zero-order valence-corrected chi connectivity index (χ0v) is 16.4. The lowest BCUT2D eigenvalue weighted by Crippen LogP contribution is -2.36. The molecule has 0 spiro atoms. The number of amides is 1. The van der Waals surface area contributed by atoms with Crippen LogP contribution in [0.3, 0.4) is 0 Å². The van der Waals surface area contributed by atoms with E-state index in [9.17, 15) is 9.18 Å². The number of anilines is 2. The average molecular weight is 385 g/mol. The maximum absolute atomic E-state index is 13.3. The molecule has 0 bridgehead atoms. The molecule has 0 unspecified atom stereocenters. The van der Waals surface area contributed by atoms with Crippen LogP contribution < -0.4 is 10.2 Å². The van der Waals surface area contributed by atoms with Crippen LogP contribution >= 0.6 is 0 Å². The van der Waals surface area contributed by atoms with E-state index in [2.05, 4.69) is 15.1 Å². The molecule has 1 heterocycles. The molecule has 1 amide bonds. The summed E-state index contributed by atoms with van der Waals surface area (Å²) in [5.74, 6) is -0.247. The number of nitrogens with zero attached hydrogens (tertiary/aromatic N) is 2. The van der Waals surface area contributed by atoms with Crippen molar-refractivity contribution in [2.24, 2.45) is 0 Å². The van der Waals surface area contributed by atoms with Gasteiger partial charge in [0.25, 0.3) is 0 Å². The van der Waals surface area contributed by atoms with Crippen molar-refractivity contribution >= 4 is 17.3 Å². The summed E-state index contributed by atoms with van der Waals surface area (Å²) in [6.07, 6.45) is 0.397. The van der Waals surface area contributed by atoms with Gasteiger partial charge in [-0.05, 0) is 48.5 Å². The summed E-state index contributed by atoms with van der Waals surface area (Å²) in [5.41, 5.74) is 2.87. The smallest absolute Gasteiger partial charge is 0.225 e. The Morgan fingerprint density at radius 1 is 1.18 bits per heavy atom. The van der Waals surface area contributed by atoms with E-state index in [1.807, 2.05) is 37.3 Å². The maximum atomic E-state index is 13.3. The highest BCUT2D eigenvalue weighted by molar-refractivity contribution is 5.91. The van der Waals surface area contributed by atoms with Gasteiger partial charge in [0.05, 0.1) is 13.2 Å². The number of carbonyl (C=O) groups excluding carboxylic acids is 1. The van der Waals surface area contributed by atoms with E-state index in [4.69, 9.17) is 4.74 Å². The number of halogens is 1. The van der Waals surface area contributed by atoms with Gasteiger partial charge in [0.15, 0.2) is 0 Å². The van der Waals surface area contributed by atoms with Crippen LogP contribution in [0.4, 0.5) is 15.8 Å². The number of benzene rings is 2. The number of hydrogen-bond acceptors (Lipinski definition) is 4. The quantitative estimate of drug-likeness (QED) is 0.755. The van der Waals surface area contributed by atoms with E-state index in [0.29, 0.717) is 19.5 Å². The molecule has 0 radical (unpaired) electrons. The molecule has 0 atom stereocenters. The second kappa shape index (κ2) is 10.2. The van der Waals surface area contributed by atoms with Gasteiger partial charge in [0.1, 0.15) is 5.82 Å². The van der Waals surface area contributed by atoms with Crippen LogP contribution in [0.2, 0.25) is 0 Å². The summed E-state index contributed by atoms with van der Waals surface area (Å²) in [6, 6.07) is 14.5. The van der Waals surface area contributed by atoms with Gasteiger partial charge in [-0.3, -0.25) is 9.69 Å². The predicted molar refractivity (Wildman–Crippen MR) is 110 cm³/mol. The summed E-state index contributed by atoms with van der Waals surface area (Å²) in [5, 5.41) is 2.96. The lowest BCUT2D eigenvalue weighted by atomic mass is 10.2. The summed E-state index contributed by atoms with van der Waals surface area (Å²) < 4.78 is 18.7. The minimum absolute atomic E-state index is 0.0168. The molecule has 5 nitrogen and oxygen atoms in total. The third-order valence-corrected chi connectivity index (χ3v) is 4.92. The van der Waals surface area contributed by atoms with Crippen molar-refractivity contribution in [2.75, 3.05) is 49.6 Å². The fourth-order valence-corrected chi connectivity index (χ4v) is 3.30. The van der Waals surface area contributed by atoms with Crippen LogP contribution in [0.5, 0.6) is 0 Å². The molecule has 2 aromatic rings. The first-order valence-corrected chi connectivity index (χ1v) is 9.83. The molecule has 1 N–H and O–H groups in total.